The number of aryl methyl sites for hydroxylation is 1. The van der Waals surface area contributed by atoms with Gasteiger partial charge in [-0.2, -0.15) is 5.10 Å². The highest BCUT2D eigenvalue weighted by molar-refractivity contribution is 5.40. The Bertz CT molecular complexity index is 570. The fourth-order valence-electron chi connectivity index (χ4n) is 2.05. The molecule has 1 aromatic heterocycles. The second-order valence-electron chi connectivity index (χ2n) is 4.49. The molecule has 1 aliphatic heterocycles. The van der Waals surface area contributed by atoms with Gasteiger partial charge in [0.25, 0.3) is 0 Å². The van der Waals surface area contributed by atoms with Crippen LogP contribution in [0.2, 0.25) is 0 Å². The summed E-state index contributed by atoms with van der Waals surface area (Å²) in [5.41, 5.74) is 0. The Hall–Kier alpha value is -2.08. The summed E-state index contributed by atoms with van der Waals surface area (Å²) in [6, 6.07) is 7.44. The Balaban J connectivity index is 1.69. The van der Waals surface area contributed by atoms with Gasteiger partial charge in [0, 0.05) is 13.5 Å². The van der Waals surface area contributed by atoms with E-state index in [1.54, 1.807) is 11.7 Å². The van der Waals surface area contributed by atoms with Gasteiger partial charge in [-0.3, -0.25) is 4.68 Å². The first-order valence-electron chi connectivity index (χ1n) is 6.13. The lowest BCUT2D eigenvalue weighted by atomic mass is 10.1. The van der Waals surface area contributed by atoms with Gasteiger partial charge in [-0.1, -0.05) is 12.1 Å². The first kappa shape index (κ1) is 12.0. The van der Waals surface area contributed by atoms with Gasteiger partial charge >= 0.3 is 0 Å². The molecule has 2 unspecified atom stereocenters. The lowest BCUT2D eigenvalue weighted by molar-refractivity contribution is -0.0106. The molecule has 6 nitrogen and oxygen atoms in total. The zero-order valence-corrected chi connectivity index (χ0v) is 10.6. The number of nitrogens with zero attached hydrogens (tertiary/aromatic N) is 3. The highest BCUT2D eigenvalue weighted by atomic mass is 16.6. The maximum Gasteiger partial charge on any atom is 0.161 e. The lowest BCUT2D eigenvalue weighted by Crippen LogP contribution is -2.41. The van der Waals surface area contributed by atoms with E-state index in [9.17, 15) is 5.11 Å². The van der Waals surface area contributed by atoms with Crippen molar-refractivity contribution in [1.29, 1.82) is 0 Å². The molecule has 0 fully saturated rings. The number of benzene rings is 1. The summed E-state index contributed by atoms with van der Waals surface area (Å²) in [5, 5.41) is 14.2. The molecule has 0 aliphatic carbocycles. The van der Waals surface area contributed by atoms with Crippen LogP contribution in [0.3, 0.4) is 0 Å². The number of ether oxygens (including phenoxy) is 2. The van der Waals surface area contributed by atoms with Crippen LogP contribution < -0.4 is 9.47 Å². The molecule has 1 N–H and O–H groups in total. The van der Waals surface area contributed by atoms with Crippen molar-refractivity contribution in [2.24, 2.45) is 7.05 Å². The standard InChI is InChI=1S/C13H15N3O3/c1-16-13(14-8-15-16)6-9(17)12-7-18-10-4-2-3-5-11(10)19-12/h2-5,8-9,12,17H,6-7H2,1H3. The minimum Gasteiger partial charge on any atom is -0.486 e. The second kappa shape index (κ2) is 4.89. The van der Waals surface area contributed by atoms with E-state index in [1.807, 2.05) is 24.3 Å². The first-order chi connectivity index (χ1) is 9.24. The summed E-state index contributed by atoms with van der Waals surface area (Å²) in [6.07, 6.45) is 0.769. The molecule has 3 rings (SSSR count). The van der Waals surface area contributed by atoms with E-state index >= 15 is 0 Å². The number of aromatic nitrogens is 3. The van der Waals surface area contributed by atoms with E-state index in [0.717, 1.165) is 5.82 Å². The summed E-state index contributed by atoms with van der Waals surface area (Å²) < 4.78 is 13.0. The van der Waals surface area contributed by atoms with E-state index in [2.05, 4.69) is 10.1 Å². The van der Waals surface area contributed by atoms with Crippen LogP contribution in [0.5, 0.6) is 11.5 Å². The van der Waals surface area contributed by atoms with E-state index in [-0.39, 0.29) is 0 Å². The number of hydrogen-bond acceptors (Lipinski definition) is 5. The monoisotopic (exact) mass is 261 g/mol. The summed E-state index contributed by atoms with van der Waals surface area (Å²) >= 11 is 0. The van der Waals surface area contributed by atoms with Crippen molar-refractivity contribution in [1.82, 2.24) is 14.8 Å². The fraction of sp³-hybridized carbons (Fsp3) is 0.385. The Morgan fingerprint density at radius 1 is 1.42 bits per heavy atom. The normalized spacial score (nSPS) is 19.2. The molecule has 0 bridgehead atoms. The van der Waals surface area contributed by atoms with Gasteiger partial charge in [-0.25, -0.2) is 4.98 Å². The third-order valence-corrected chi connectivity index (χ3v) is 3.16. The van der Waals surface area contributed by atoms with Gasteiger partial charge in [0.05, 0.1) is 0 Å². The molecule has 2 atom stereocenters. The predicted octanol–water partition coefficient (Wildman–Crippen LogP) is 0.558. The van der Waals surface area contributed by atoms with Gasteiger partial charge in [0.15, 0.2) is 17.6 Å². The molecular formula is C13H15N3O3. The maximum absolute atomic E-state index is 10.2. The van der Waals surface area contributed by atoms with Crippen molar-refractivity contribution in [2.75, 3.05) is 6.61 Å². The molecule has 1 aromatic carbocycles. The van der Waals surface area contributed by atoms with E-state index < -0.39 is 12.2 Å². The maximum atomic E-state index is 10.2. The molecule has 100 valence electrons. The van der Waals surface area contributed by atoms with Crippen molar-refractivity contribution in [3.8, 4) is 11.5 Å². The SMILES string of the molecule is Cn1ncnc1CC(O)C1COc2ccccc2O1. The van der Waals surface area contributed by atoms with Gasteiger partial charge < -0.3 is 14.6 Å². The van der Waals surface area contributed by atoms with Crippen LogP contribution in [-0.4, -0.2) is 38.7 Å². The summed E-state index contributed by atoms with van der Waals surface area (Å²) in [7, 11) is 1.79. The van der Waals surface area contributed by atoms with Crippen molar-refractivity contribution >= 4 is 0 Å². The first-order valence-corrected chi connectivity index (χ1v) is 6.13. The van der Waals surface area contributed by atoms with Gasteiger partial charge in [-0.05, 0) is 12.1 Å². The second-order valence-corrected chi connectivity index (χ2v) is 4.49. The number of fused-ring (bicyclic) bond motifs is 1. The average molecular weight is 261 g/mol. The summed E-state index contributed by atoms with van der Waals surface area (Å²) in [6.45, 7) is 0.329. The Morgan fingerprint density at radius 3 is 2.95 bits per heavy atom. The van der Waals surface area contributed by atoms with E-state index in [1.165, 1.54) is 6.33 Å². The molecule has 0 spiro atoms. The van der Waals surface area contributed by atoms with Crippen molar-refractivity contribution < 1.29 is 14.6 Å². The van der Waals surface area contributed by atoms with Crippen LogP contribution in [0.15, 0.2) is 30.6 Å². The molecule has 0 saturated heterocycles. The molecule has 0 amide bonds. The molecule has 2 aromatic rings. The zero-order valence-electron chi connectivity index (χ0n) is 10.6. The quantitative estimate of drug-likeness (QED) is 0.874. The van der Waals surface area contributed by atoms with Gasteiger partial charge in [0.1, 0.15) is 24.9 Å². The minimum atomic E-state index is -0.684. The van der Waals surface area contributed by atoms with Crippen LogP contribution in [0.4, 0.5) is 0 Å². The Labute approximate surface area is 110 Å². The number of rotatable bonds is 3. The molecule has 19 heavy (non-hydrogen) atoms. The number of aliphatic hydroxyl groups is 1. The van der Waals surface area contributed by atoms with Gasteiger partial charge in [0.2, 0.25) is 0 Å². The minimum absolute atomic E-state index is 0.329. The molecule has 2 heterocycles. The van der Waals surface area contributed by atoms with Crippen LogP contribution in [0.25, 0.3) is 0 Å². The average Bonchev–Trinajstić information content (AvgIpc) is 2.84. The zero-order chi connectivity index (χ0) is 13.2. The van der Waals surface area contributed by atoms with Gasteiger partial charge in [-0.15, -0.1) is 0 Å². The number of aliphatic hydroxyl groups excluding tert-OH is 1. The van der Waals surface area contributed by atoms with Crippen molar-refractivity contribution in [2.45, 2.75) is 18.6 Å². The summed E-state index contributed by atoms with van der Waals surface area (Å²) in [4.78, 5) is 4.09. The van der Waals surface area contributed by atoms with E-state index in [0.29, 0.717) is 24.5 Å². The number of hydrogen-bond donors (Lipinski definition) is 1. The topological polar surface area (TPSA) is 69.4 Å². The molecular weight excluding hydrogens is 246 g/mol. The third kappa shape index (κ3) is 2.39. The van der Waals surface area contributed by atoms with Crippen molar-refractivity contribution in [3.63, 3.8) is 0 Å². The third-order valence-electron chi connectivity index (χ3n) is 3.16. The predicted molar refractivity (Wildman–Crippen MR) is 67.1 cm³/mol. The highest BCUT2D eigenvalue weighted by Crippen LogP contribution is 2.31. The lowest BCUT2D eigenvalue weighted by Gasteiger charge is -2.29. The van der Waals surface area contributed by atoms with Crippen molar-refractivity contribution in [3.05, 3.63) is 36.4 Å². The Kier molecular flexibility index (Phi) is 3.08. The number of para-hydroxylation sites is 2. The fourth-order valence-corrected chi connectivity index (χ4v) is 2.05. The van der Waals surface area contributed by atoms with Crippen LogP contribution in [0, 0.1) is 0 Å². The molecule has 0 radical (unpaired) electrons. The molecule has 6 heteroatoms. The molecule has 0 saturated carbocycles. The smallest absolute Gasteiger partial charge is 0.161 e. The molecule has 1 aliphatic rings. The summed E-state index contributed by atoms with van der Waals surface area (Å²) in [5.74, 6) is 2.09. The van der Waals surface area contributed by atoms with Crippen LogP contribution in [0.1, 0.15) is 5.82 Å². The van der Waals surface area contributed by atoms with Crippen LogP contribution >= 0.6 is 0 Å². The largest absolute Gasteiger partial charge is 0.486 e. The highest BCUT2D eigenvalue weighted by Gasteiger charge is 2.28. The Morgan fingerprint density at radius 2 is 2.21 bits per heavy atom. The van der Waals surface area contributed by atoms with E-state index in [4.69, 9.17) is 9.47 Å². The van der Waals surface area contributed by atoms with Crippen LogP contribution in [-0.2, 0) is 13.5 Å².